The lowest BCUT2D eigenvalue weighted by molar-refractivity contribution is 0.414. The van der Waals surface area contributed by atoms with E-state index in [1.165, 1.54) is 0 Å². The quantitative estimate of drug-likeness (QED) is 0.321. The number of aromatic nitrogens is 4. The van der Waals surface area contributed by atoms with Gasteiger partial charge >= 0.3 is 0 Å². The topological polar surface area (TPSA) is 62.1 Å². The Balaban J connectivity index is 1.50. The molecule has 6 nitrogen and oxygen atoms in total. The minimum absolute atomic E-state index is 0.696. The molecule has 0 aliphatic carbocycles. The number of hydrogen-bond acceptors (Lipinski definition) is 7. The van der Waals surface area contributed by atoms with E-state index in [1.807, 2.05) is 47.0 Å². The fourth-order valence-electron chi connectivity index (χ4n) is 2.73. The second-order valence-electron chi connectivity index (χ2n) is 5.96. The summed E-state index contributed by atoms with van der Waals surface area (Å²) in [4.78, 5) is 4.78. The van der Waals surface area contributed by atoms with E-state index in [9.17, 15) is 0 Å². The number of thioether (sulfide) groups is 1. The van der Waals surface area contributed by atoms with E-state index < -0.39 is 0 Å². The van der Waals surface area contributed by atoms with Crippen molar-refractivity contribution < 1.29 is 9.47 Å². The molecule has 0 N–H and O–H groups in total. The highest BCUT2D eigenvalue weighted by atomic mass is 79.9. The summed E-state index contributed by atoms with van der Waals surface area (Å²) < 4.78 is 13.6. The molecule has 4 rings (SSSR count). The summed E-state index contributed by atoms with van der Waals surface area (Å²) >= 11 is 6.71. The molecule has 2 heterocycles. The molecule has 0 aliphatic heterocycles. The van der Waals surface area contributed by atoms with Crippen LogP contribution in [0.3, 0.4) is 0 Å². The van der Waals surface area contributed by atoms with Crippen LogP contribution in [-0.4, -0.2) is 34.0 Å². The molecule has 0 bridgehead atoms. The summed E-state index contributed by atoms with van der Waals surface area (Å²) in [6, 6.07) is 13.7. The summed E-state index contributed by atoms with van der Waals surface area (Å²) in [6.07, 6.45) is 1.71. The third-order valence-electron chi connectivity index (χ3n) is 4.16. The van der Waals surface area contributed by atoms with Gasteiger partial charge in [0.15, 0.2) is 5.16 Å². The van der Waals surface area contributed by atoms with Crippen molar-refractivity contribution >= 4 is 39.0 Å². The highest BCUT2D eigenvalue weighted by molar-refractivity contribution is 9.10. The summed E-state index contributed by atoms with van der Waals surface area (Å²) in [5, 5.41) is 12.1. The molecule has 0 atom stereocenters. The molecular formula is C20H17BrN4O2S2. The lowest BCUT2D eigenvalue weighted by Crippen LogP contribution is -1.95. The zero-order chi connectivity index (χ0) is 20.2. The Hall–Kier alpha value is -2.36. The Morgan fingerprint density at radius 3 is 2.69 bits per heavy atom. The van der Waals surface area contributed by atoms with E-state index >= 15 is 0 Å². The van der Waals surface area contributed by atoms with Gasteiger partial charge in [-0.25, -0.2) is 4.98 Å². The number of methoxy groups -OCH3 is 2. The van der Waals surface area contributed by atoms with E-state index in [4.69, 9.17) is 14.5 Å². The maximum Gasteiger partial charge on any atom is 0.195 e. The molecule has 2 aromatic carbocycles. The first-order valence-corrected chi connectivity index (χ1v) is 11.3. The van der Waals surface area contributed by atoms with Crippen molar-refractivity contribution in [2.75, 3.05) is 14.2 Å². The van der Waals surface area contributed by atoms with Crippen molar-refractivity contribution in [3.8, 4) is 27.8 Å². The molecule has 0 radical (unpaired) electrons. The Kier molecular flexibility index (Phi) is 6.17. The van der Waals surface area contributed by atoms with Gasteiger partial charge in [0.05, 0.1) is 25.5 Å². The number of hydrogen-bond donors (Lipinski definition) is 0. The molecular weight excluding hydrogens is 472 g/mol. The van der Waals surface area contributed by atoms with E-state index in [0.717, 1.165) is 43.1 Å². The van der Waals surface area contributed by atoms with Gasteiger partial charge in [0.1, 0.15) is 22.8 Å². The van der Waals surface area contributed by atoms with Gasteiger partial charge in [-0.05, 0) is 42.5 Å². The number of nitrogens with zero attached hydrogens (tertiary/aromatic N) is 4. The predicted molar refractivity (Wildman–Crippen MR) is 119 cm³/mol. The zero-order valence-electron chi connectivity index (χ0n) is 15.7. The first-order chi connectivity index (χ1) is 14.2. The maximum absolute atomic E-state index is 5.47. The smallest absolute Gasteiger partial charge is 0.195 e. The fourth-order valence-corrected chi connectivity index (χ4v) is 4.85. The van der Waals surface area contributed by atoms with Crippen LogP contribution in [0.15, 0.2) is 63.8 Å². The fraction of sp³-hybridized carbons (Fsp3) is 0.150. The molecule has 0 amide bonds. The largest absolute Gasteiger partial charge is 0.497 e. The van der Waals surface area contributed by atoms with Gasteiger partial charge in [-0.15, -0.1) is 21.5 Å². The summed E-state index contributed by atoms with van der Waals surface area (Å²) in [5.74, 6) is 2.32. The SMILES string of the molecule is COc1ccc(-n2cnnc2SCc2csc(-c3cc(Br)ccc3OC)n2)cc1. The van der Waals surface area contributed by atoms with E-state index in [2.05, 4.69) is 31.5 Å². The number of benzene rings is 2. The average molecular weight is 489 g/mol. The molecule has 9 heteroatoms. The molecule has 2 aromatic heterocycles. The maximum atomic E-state index is 5.47. The van der Waals surface area contributed by atoms with Crippen molar-refractivity contribution in [1.82, 2.24) is 19.7 Å². The van der Waals surface area contributed by atoms with Crippen molar-refractivity contribution in [2.24, 2.45) is 0 Å². The highest BCUT2D eigenvalue weighted by Crippen LogP contribution is 2.35. The normalized spacial score (nSPS) is 10.9. The average Bonchev–Trinajstić information content (AvgIpc) is 3.42. The second-order valence-corrected chi connectivity index (χ2v) is 8.68. The Labute approximate surface area is 185 Å². The number of halogens is 1. The molecule has 0 unspecified atom stereocenters. The molecule has 0 saturated carbocycles. The molecule has 4 aromatic rings. The van der Waals surface area contributed by atoms with Crippen LogP contribution in [0.2, 0.25) is 0 Å². The third kappa shape index (κ3) is 4.47. The zero-order valence-corrected chi connectivity index (χ0v) is 18.9. The van der Waals surface area contributed by atoms with Crippen LogP contribution in [0.1, 0.15) is 5.69 Å². The van der Waals surface area contributed by atoms with Crippen LogP contribution in [0, 0.1) is 0 Å². The van der Waals surface area contributed by atoms with Gasteiger partial charge in [-0.3, -0.25) is 4.57 Å². The Morgan fingerprint density at radius 1 is 1.10 bits per heavy atom. The summed E-state index contributed by atoms with van der Waals surface area (Å²) in [6.45, 7) is 0. The van der Waals surface area contributed by atoms with Gasteiger partial charge < -0.3 is 9.47 Å². The lowest BCUT2D eigenvalue weighted by atomic mass is 10.2. The number of thiazole rings is 1. The van der Waals surface area contributed by atoms with E-state index in [1.54, 1.807) is 43.6 Å². The van der Waals surface area contributed by atoms with Crippen LogP contribution in [-0.2, 0) is 5.75 Å². The highest BCUT2D eigenvalue weighted by Gasteiger charge is 2.13. The van der Waals surface area contributed by atoms with Crippen LogP contribution >= 0.6 is 39.0 Å². The minimum atomic E-state index is 0.696. The third-order valence-corrected chi connectivity index (χ3v) is 6.55. The van der Waals surface area contributed by atoms with Crippen molar-refractivity contribution in [1.29, 1.82) is 0 Å². The first kappa shape index (κ1) is 19.9. The van der Waals surface area contributed by atoms with Gasteiger partial charge in [0.2, 0.25) is 0 Å². The van der Waals surface area contributed by atoms with E-state index in [0.29, 0.717) is 5.75 Å². The number of rotatable bonds is 7. The first-order valence-electron chi connectivity index (χ1n) is 8.63. The molecule has 0 saturated heterocycles. The van der Waals surface area contributed by atoms with Crippen molar-refractivity contribution in [2.45, 2.75) is 10.9 Å². The summed E-state index contributed by atoms with van der Waals surface area (Å²) in [7, 11) is 3.32. The van der Waals surface area contributed by atoms with Crippen LogP contribution in [0.25, 0.3) is 16.3 Å². The standard InChI is InChI=1S/C20H17BrN4O2S2/c1-26-16-6-4-15(5-7-16)25-12-22-24-20(25)29-11-14-10-28-19(23-14)17-9-13(21)3-8-18(17)27-2/h3-10,12H,11H2,1-2H3. The Bertz CT molecular complexity index is 1110. The van der Waals surface area contributed by atoms with Gasteiger partial charge in [0, 0.05) is 21.3 Å². The lowest BCUT2D eigenvalue weighted by Gasteiger charge is -2.07. The van der Waals surface area contributed by atoms with Crippen LogP contribution in [0.4, 0.5) is 0 Å². The number of ether oxygens (including phenoxy) is 2. The van der Waals surface area contributed by atoms with Gasteiger partial charge in [-0.1, -0.05) is 27.7 Å². The van der Waals surface area contributed by atoms with Crippen molar-refractivity contribution in [3.63, 3.8) is 0 Å². The molecule has 0 aliphatic rings. The monoisotopic (exact) mass is 488 g/mol. The van der Waals surface area contributed by atoms with Crippen molar-refractivity contribution in [3.05, 3.63) is 64.3 Å². The Morgan fingerprint density at radius 2 is 1.93 bits per heavy atom. The molecule has 29 heavy (non-hydrogen) atoms. The van der Waals surface area contributed by atoms with E-state index in [-0.39, 0.29) is 0 Å². The molecule has 0 spiro atoms. The van der Waals surface area contributed by atoms with Gasteiger partial charge in [-0.2, -0.15) is 0 Å². The second kappa shape index (κ2) is 8.98. The molecule has 148 valence electrons. The van der Waals surface area contributed by atoms with Crippen LogP contribution in [0.5, 0.6) is 11.5 Å². The summed E-state index contributed by atoms with van der Waals surface area (Å²) in [5.41, 5.74) is 2.95. The van der Waals surface area contributed by atoms with Gasteiger partial charge in [0.25, 0.3) is 0 Å². The predicted octanol–water partition coefficient (Wildman–Crippen LogP) is 5.46. The molecule has 0 fully saturated rings. The minimum Gasteiger partial charge on any atom is -0.497 e. The van der Waals surface area contributed by atoms with Crippen LogP contribution < -0.4 is 9.47 Å².